The molecule has 0 fully saturated rings. The normalized spacial score (nSPS) is 10.6. The SMILES string of the molecule is O=C(C=Cc1ccc(F)cc1)Nc1ccccc1C(=O)NCc1ccccc1. The number of carbonyl (C=O) groups is 2. The number of anilines is 1. The van der Waals surface area contributed by atoms with Crippen LogP contribution in [0.4, 0.5) is 10.1 Å². The number of amides is 2. The number of hydrogen-bond donors (Lipinski definition) is 2. The highest BCUT2D eigenvalue weighted by Gasteiger charge is 2.12. The van der Waals surface area contributed by atoms with Gasteiger partial charge in [0.1, 0.15) is 5.82 Å². The third-order valence-electron chi connectivity index (χ3n) is 4.02. The van der Waals surface area contributed by atoms with E-state index in [-0.39, 0.29) is 17.6 Å². The Hall–Kier alpha value is -3.73. The molecule has 2 N–H and O–H groups in total. The minimum atomic E-state index is -0.382. The van der Waals surface area contributed by atoms with E-state index in [0.29, 0.717) is 23.4 Å². The molecule has 0 unspecified atom stereocenters. The Balaban J connectivity index is 1.65. The van der Waals surface area contributed by atoms with Crippen molar-refractivity contribution < 1.29 is 14.0 Å². The molecular weight excluding hydrogens is 355 g/mol. The molecule has 2 amide bonds. The highest BCUT2D eigenvalue weighted by molar-refractivity contribution is 6.07. The fraction of sp³-hybridized carbons (Fsp3) is 0.0435. The molecule has 0 aliphatic heterocycles. The van der Waals surface area contributed by atoms with E-state index >= 15 is 0 Å². The summed E-state index contributed by atoms with van der Waals surface area (Å²) < 4.78 is 12.9. The minimum Gasteiger partial charge on any atom is -0.348 e. The number of carbonyl (C=O) groups excluding carboxylic acids is 2. The zero-order valence-corrected chi connectivity index (χ0v) is 15.1. The summed E-state index contributed by atoms with van der Waals surface area (Å²) in [5.74, 6) is -0.994. The van der Waals surface area contributed by atoms with Gasteiger partial charge in [0.05, 0.1) is 11.3 Å². The van der Waals surface area contributed by atoms with Crippen LogP contribution in [-0.4, -0.2) is 11.8 Å². The average molecular weight is 374 g/mol. The molecule has 0 aliphatic carbocycles. The molecule has 0 radical (unpaired) electrons. The van der Waals surface area contributed by atoms with Crippen molar-refractivity contribution in [1.82, 2.24) is 5.32 Å². The molecule has 3 rings (SSSR count). The zero-order valence-electron chi connectivity index (χ0n) is 15.1. The van der Waals surface area contributed by atoms with Crippen LogP contribution in [0.5, 0.6) is 0 Å². The van der Waals surface area contributed by atoms with Gasteiger partial charge in [0.2, 0.25) is 5.91 Å². The van der Waals surface area contributed by atoms with E-state index in [4.69, 9.17) is 0 Å². The van der Waals surface area contributed by atoms with Crippen LogP contribution in [0.2, 0.25) is 0 Å². The van der Waals surface area contributed by atoms with Crippen molar-refractivity contribution in [1.29, 1.82) is 0 Å². The molecule has 3 aromatic rings. The second-order valence-electron chi connectivity index (χ2n) is 6.09. The lowest BCUT2D eigenvalue weighted by Crippen LogP contribution is -2.24. The van der Waals surface area contributed by atoms with Crippen molar-refractivity contribution in [3.8, 4) is 0 Å². The first-order valence-electron chi connectivity index (χ1n) is 8.77. The van der Waals surface area contributed by atoms with Crippen LogP contribution < -0.4 is 10.6 Å². The lowest BCUT2D eigenvalue weighted by atomic mass is 10.1. The molecule has 4 nitrogen and oxygen atoms in total. The van der Waals surface area contributed by atoms with Gasteiger partial charge in [-0.25, -0.2) is 4.39 Å². The predicted octanol–water partition coefficient (Wildman–Crippen LogP) is 4.41. The highest BCUT2D eigenvalue weighted by atomic mass is 19.1. The van der Waals surface area contributed by atoms with Crippen molar-refractivity contribution >= 4 is 23.6 Å². The monoisotopic (exact) mass is 374 g/mol. The largest absolute Gasteiger partial charge is 0.348 e. The van der Waals surface area contributed by atoms with Gasteiger partial charge >= 0.3 is 0 Å². The summed E-state index contributed by atoms with van der Waals surface area (Å²) in [6, 6.07) is 22.2. The van der Waals surface area contributed by atoms with Gasteiger partial charge in [-0.15, -0.1) is 0 Å². The van der Waals surface area contributed by atoms with Crippen LogP contribution >= 0.6 is 0 Å². The van der Waals surface area contributed by atoms with E-state index in [9.17, 15) is 14.0 Å². The third kappa shape index (κ3) is 5.38. The maximum Gasteiger partial charge on any atom is 0.253 e. The number of nitrogens with one attached hydrogen (secondary N) is 2. The van der Waals surface area contributed by atoms with E-state index in [1.165, 1.54) is 18.2 Å². The molecule has 3 aromatic carbocycles. The molecule has 0 aliphatic rings. The first kappa shape index (κ1) is 19.0. The molecular formula is C23H19FN2O2. The molecule has 0 heterocycles. The summed E-state index contributed by atoms with van der Waals surface area (Å²) in [4.78, 5) is 24.7. The van der Waals surface area contributed by atoms with Gasteiger partial charge in [-0.3, -0.25) is 9.59 Å². The number of rotatable bonds is 6. The smallest absolute Gasteiger partial charge is 0.253 e. The number of benzene rings is 3. The lowest BCUT2D eigenvalue weighted by molar-refractivity contribution is -0.111. The molecule has 0 bridgehead atoms. The Kier molecular flexibility index (Phi) is 6.31. The second kappa shape index (κ2) is 9.28. The Morgan fingerprint density at radius 2 is 1.54 bits per heavy atom. The van der Waals surface area contributed by atoms with Crippen molar-refractivity contribution in [3.63, 3.8) is 0 Å². The van der Waals surface area contributed by atoms with Gasteiger partial charge in [-0.2, -0.15) is 0 Å². The van der Waals surface area contributed by atoms with Gasteiger partial charge in [0, 0.05) is 12.6 Å². The fourth-order valence-electron chi connectivity index (χ4n) is 2.58. The van der Waals surface area contributed by atoms with Crippen LogP contribution in [0.1, 0.15) is 21.5 Å². The van der Waals surface area contributed by atoms with Crippen LogP contribution in [-0.2, 0) is 11.3 Å². The van der Waals surface area contributed by atoms with Gasteiger partial charge in [-0.05, 0) is 41.5 Å². The summed E-state index contributed by atoms with van der Waals surface area (Å²) in [5, 5.41) is 5.56. The topological polar surface area (TPSA) is 58.2 Å². The molecule has 28 heavy (non-hydrogen) atoms. The second-order valence-corrected chi connectivity index (χ2v) is 6.09. The standard InChI is InChI=1S/C23H19FN2O2/c24-19-13-10-17(11-14-19)12-15-22(27)26-21-9-5-4-8-20(21)23(28)25-16-18-6-2-1-3-7-18/h1-15H,16H2,(H,25,28)(H,26,27). The molecule has 140 valence electrons. The summed E-state index contributed by atoms with van der Waals surface area (Å²) in [5.41, 5.74) is 2.48. The Bertz CT molecular complexity index is 983. The van der Waals surface area contributed by atoms with Gasteiger partial charge in [0.25, 0.3) is 5.91 Å². The highest BCUT2D eigenvalue weighted by Crippen LogP contribution is 2.15. The molecule has 0 saturated heterocycles. The van der Waals surface area contributed by atoms with Crippen molar-refractivity contribution in [2.45, 2.75) is 6.54 Å². The van der Waals surface area contributed by atoms with Crippen LogP contribution in [0, 0.1) is 5.82 Å². The van der Waals surface area contributed by atoms with Crippen molar-refractivity contribution in [2.24, 2.45) is 0 Å². The first-order valence-corrected chi connectivity index (χ1v) is 8.77. The maximum atomic E-state index is 12.9. The van der Waals surface area contributed by atoms with Crippen molar-refractivity contribution in [3.05, 3.63) is 107 Å². The van der Waals surface area contributed by atoms with E-state index in [1.807, 2.05) is 30.3 Å². The van der Waals surface area contributed by atoms with E-state index in [1.54, 1.807) is 42.5 Å². The molecule has 0 spiro atoms. The molecule has 0 atom stereocenters. The zero-order chi connectivity index (χ0) is 19.8. The van der Waals surface area contributed by atoms with Crippen LogP contribution in [0.15, 0.2) is 84.9 Å². The van der Waals surface area contributed by atoms with Crippen LogP contribution in [0.3, 0.4) is 0 Å². The summed E-state index contributed by atoms with van der Waals surface area (Å²) in [6.45, 7) is 0.395. The molecule has 5 heteroatoms. The van der Waals surface area contributed by atoms with Gasteiger partial charge < -0.3 is 10.6 Å². The summed E-state index contributed by atoms with van der Waals surface area (Å²) >= 11 is 0. The number of para-hydroxylation sites is 1. The van der Waals surface area contributed by atoms with Crippen LogP contribution in [0.25, 0.3) is 6.08 Å². The quantitative estimate of drug-likeness (QED) is 0.628. The third-order valence-corrected chi connectivity index (χ3v) is 4.02. The summed E-state index contributed by atoms with van der Waals surface area (Å²) in [7, 11) is 0. The molecule has 0 aromatic heterocycles. The molecule has 0 saturated carbocycles. The maximum absolute atomic E-state index is 12.9. The lowest BCUT2D eigenvalue weighted by Gasteiger charge is -2.10. The average Bonchev–Trinajstić information content (AvgIpc) is 2.73. The van der Waals surface area contributed by atoms with Crippen molar-refractivity contribution in [2.75, 3.05) is 5.32 Å². The Morgan fingerprint density at radius 3 is 2.29 bits per heavy atom. The fourth-order valence-corrected chi connectivity index (χ4v) is 2.58. The van der Waals surface area contributed by atoms with E-state index in [2.05, 4.69) is 10.6 Å². The first-order chi connectivity index (χ1) is 13.6. The van der Waals surface area contributed by atoms with E-state index < -0.39 is 0 Å². The van der Waals surface area contributed by atoms with E-state index in [0.717, 1.165) is 5.56 Å². The number of hydrogen-bond acceptors (Lipinski definition) is 2. The predicted molar refractivity (Wildman–Crippen MR) is 108 cm³/mol. The van der Waals surface area contributed by atoms with Gasteiger partial charge in [0.15, 0.2) is 0 Å². The summed E-state index contributed by atoms with van der Waals surface area (Å²) in [6.07, 6.45) is 2.92. The minimum absolute atomic E-state index is 0.276. The van der Waals surface area contributed by atoms with Gasteiger partial charge in [-0.1, -0.05) is 54.6 Å². The Labute approximate surface area is 162 Å². The number of halogens is 1. The Morgan fingerprint density at radius 1 is 0.857 bits per heavy atom.